The zero-order chi connectivity index (χ0) is 17.8. The van der Waals surface area contributed by atoms with Crippen LogP contribution >= 0.6 is 0 Å². The maximum atomic E-state index is 13.3. The Morgan fingerprint density at radius 1 is 1.00 bits per heavy atom. The molecule has 4 rings (SSSR count). The lowest BCUT2D eigenvalue weighted by Gasteiger charge is -2.31. The van der Waals surface area contributed by atoms with Gasteiger partial charge in [-0.15, -0.1) is 0 Å². The van der Waals surface area contributed by atoms with E-state index in [1.54, 1.807) is 12.1 Å². The molecule has 0 amide bonds. The van der Waals surface area contributed by atoms with E-state index in [1.807, 2.05) is 12.1 Å². The maximum Gasteiger partial charge on any atom is 0.123 e. The second-order valence-corrected chi connectivity index (χ2v) is 7.58. The molecule has 4 nitrogen and oxygen atoms in total. The predicted molar refractivity (Wildman–Crippen MR) is 102 cm³/mol. The van der Waals surface area contributed by atoms with Crippen molar-refractivity contribution in [3.8, 4) is 0 Å². The van der Waals surface area contributed by atoms with Crippen LogP contribution in [0.1, 0.15) is 31.4 Å². The molecule has 0 aliphatic carbocycles. The normalized spacial score (nSPS) is 23.2. The standard InChI is InChI=1S/C21H28FN3O/c22-18-6-8-21-17(13-18)5-7-19(23-21)14-25-11-4-12-26-20(16-25)15-24-9-2-1-3-10-24/h5-8,13,20H,1-4,9-12,14-16H2/t20-/m1/s1. The SMILES string of the molecule is Fc1ccc2nc(CN3CCCO[C@H](CN4CCCCC4)C3)ccc2c1. The Kier molecular flexibility index (Phi) is 5.78. The van der Waals surface area contributed by atoms with Crippen molar-refractivity contribution in [3.63, 3.8) is 0 Å². The number of piperidine rings is 1. The van der Waals surface area contributed by atoms with Gasteiger partial charge in [0.25, 0.3) is 0 Å². The number of benzene rings is 1. The summed E-state index contributed by atoms with van der Waals surface area (Å²) in [6, 6.07) is 8.78. The van der Waals surface area contributed by atoms with Gasteiger partial charge < -0.3 is 9.64 Å². The number of aromatic nitrogens is 1. The zero-order valence-electron chi connectivity index (χ0n) is 15.4. The van der Waals surface area contributed by atoms with Gasteiger partial charge in [0.05, 0.1) is 17.3 Å². The van der Waals surface area contributed by atoms with Crippen molar-refractivity contribution < 1.29 is 9.13 Å². The quantitative estimate of drug-likeness (QED) is 0.838. The first-order valence-electron chi connectivity index (χ1n) is 9.88. The lowest BCUT2D eigenvalue weighted by molar-refractivity contribution is 0.0216. The lowest BCUT2D eigenvalue weighted by atomic mass is 10.1. The molecular formula is C21H28FN3O. The highest BCUT2D eigenvalue weighted by Crippen LogP contribution is 2.17. The average Bonchev–Trinajstić information content (AvgIpc) is 2.87. The van der Waals surface area contributed by atoms with Gasteiger partial charge >= 0.3 is 0 Å². The molecule has 2 aromatic rings. The van der Waals surface area contributed by atoms with Crippen LogP contribution in [0.3, 0.4) is 0 Å². The Labute approximate surface area is 154 Å². The third-order valence-electron chi connectivity index (χ3n) is 5.44. The molecule has 26 heavy (non-hydrogen) atoms. The molecule has 1 atom stereocenters. The second-order valence-electron chi connectivity index (χ2n) is 7.58. The second kappa shape index (κ2) is 8.42. The van der Waals surface area contributed by atoms with Gasteiger partial charge in [0.2, 0.25) is 0 Å². The van der Waals surface area contributed by atoms with Crippen molar-refractivity contribution >= 4 is 10.9 Å². The number of hydrogen-bond donors (Lipinski definition) is 0. The number of likely N-dealkylation sites (tertiary alicyclic amines) is 1. The highest BCUT2D eigenvalue weighted by atomic mass is 19.1. The van der Waals surface area contributed by atoms with Gasteiger partial charge in [-0.25, -0.2) is 4.39 Å². The summed E-state index contributed by atoms with van der Waals surface area (Å²) in [7, 11) is 0. The first-order chi connectivity index (χ1) is 12.8. The monoisotopic (exact) mass is 357 g/mol. The number of nitrogens with zero attached hydrogens (tertiary/aromatic N) is 3. The van der Waals surface area contributed by atoms with E-state index >= 15 is 0 Å². The summed E-state index contributed by atoms with van der Waals surface area (Å²) >= 11 is 0. The fourth-order valence-electron chi connectivity index (χ4n) is 4.11. The van der Waals surface area contributed by atoms with Crippen molar-refractivity contribution in [3.05, 3.63) is 41.8 Å². The molecule has 1 aromatic carbocycles. The number of ether oxygens (including phenoxy) is 1. The number of hydrogen-bond acceptors (Lipinski definition) is 4. The fraction of sp³-hybridized carbons (Fsp3) is 0.571. The van der Waals surface area contributed by atoms with E-state index in [4.69, 9.17) is 9.72 Å². The molecule has 5 heteroatoms. The number of halogens is 1. The van der Waals surface area contributed by atoms with Gasteiger partial charge in [-0.3, -0.25) is 9.88 Å². The smallest absolute Gasteiger partial charge is 0.123 e. The molecule has 0 unspecified atom stereocenters. The minimum atomic E-state index is -0.211. The third kappa shape index (κ3) is 4.58. The van der Waals surface area contributed by atoms with E-state index in [0.717, 1.165) is 55.8 Å². The molecule has 0 saturated carbocycles. The highest BCUT2D eigenvalue weighted by molar-refractivity contribution is 5.78. The van der Waals surface area contributed by atoms with E-state index in [1.165, 1.54) is 38.4 Å². The molecule has 0 N–H and O–H groups in total. The molecular weight excluding hydrogens is 329 g/mol. The molecule has 2 saturated heterocycles. The first kappa shape index (κ1) is 17.8. The number of fused-ring (bicyclic) bond motifs is 1. The molecule has 2 fully saturated rings. The van der Waals surface area contributed by atoms with Crippen molar-refractivity contribution in [1.29, 1.82) is 0 Å². The molecule has 140 valence electrons. The van der Waals surface area contributed by atoms with E-state index in [9.17, 15) is 4.39 Å². The van der Waals surface area contributed by atoms with Gasteiger partial charge in [-0.1, -0.05) is 12.5 Å². The van der Waals surface area contributed by atoms with Crippen LogP contribution in [-0.4, -0.2) is 60.2 Å². The molecule has 2 aliphatic heterocycles. The fourth-order valence-corrected chi connectivity index (χ4v) is 4.11. The Bertz CT molecular complexity index is 732. The molecule has 0 spiro atoms. The van der Waals surface area contributed by atoms with Crippen molar-refractivity contribution in [2.24, 2.45) is 0 Å². The molecule has 0 bridgehead atoms. The summed E-state index contributed by atoms with van der Waals surface area (Å²) in [5, 5.41) is 0.857. The van der Waals surface area contributed by atoms with Crippen LogP contribution in [0.25, 0.3) is 10.9 Å². The van der Waals surface area contributed by atoms with Crippen LogP contribution < -0.4 is 0 Å². The minimum absolute atomic E-state index is 0.211. The maximum absolute atomic E-state index is 13.3. The molecule has 1 aromatic heterocycles. The minimum Gasteiger partial charge on any atom is -0.376 e. The summed E-state index contributed by atoms with van der Waals surface area (Å²) in [5.74, 6) is -0.211. The van der Waals surface area contributed by atoms with Crippen LogP contribution in [0.5, 0.6) is 0 Å². The first-order valence-corrected chi connectivity index (χ1v) is 9.88. The average molecular weight is 357 g/mol. The molecule has 0 radical (unpaired) electrons. The highest BCUT2D eigenvalue weighted by Gasteiger charge is 2.22. The topological polar surface area (TPSA) is 28.6 Å². The van der Waals surface area contributed by atoms with E-state index < -0.39 is 0 Å². The van der Waals surface area contributed by atoms with Crippen molar-refractivity contribution in [2.75, 3.05) is 39.3 Å². The Morgan fingerprint density at radius 2 is 1.85 bits per heavy atom. The molecule has 3 heterocycles. The zero-order valence-corrected chi connectivity index (χ0v) is 15.4. The van der Waals surface area contributed by atoms with E-state index in [0.29, 0.717) is 0 Å². The van der Waals surface area contributed by atoms with Crippen LogP contribution in [0.15, 0.2) is 30.3 Å². The Morgan fingerprint density at radius 3 is 2.73 bits per heavy atom. The van der Waals surface area contributed by atoms with E-state index in [2.05, 4.69) is 9.80 Å². The molecule has 2 aliphatic rings. The number of pyridine rings is 1. The van der Waals surface area contributed by atoms with Crippen LogP contribution in [-0.2, 0) is 11.3 Å². The van der Waals surface area contributed by atoms with Gasteiger partial charge in [0.1, 0.15) is 5.82 Å². The van der Waals surface area contributed by atoms with Gasteiger partial charge in [-0.2, -0.15) is 0 Å². The van der Waals surface area contributed by atoms with Crippen LogP contribution in [0.2, 0.25) is 0 Å². The Balaban J connectivity index is 1.40. The van der Waals surface area contributed by atoms with Crippen molar-refractivity contribution in [2.45, 2.75) is 38.3 Å². The Hall–Kier alpha value is -1.56. The summed E-state index contributed by atoms with van der Waals surface area (Å²) in [6.45, 7) is 7.14. The van der Waals surface area contributed by atoms with Gasteiger partial charge in [-0.05, 0) is 56.6 Å². The van der Waals surface area contributed by atoms with Gasteiger partial charge in [0, 0.05) is 38.2 Å². The number of rotatable bonds is 4. The summed E-state index contributed by atoms with van der Waals surface area (Å²) in [4.78, 5) is 9.74. The van der Waals surface area contributed by atoms with Gasteiger partial charge in [0.15, 0.2) is 0 Å². The van der Waals surface area contributed by atoms with Crippen molar-refractivity contribution in [1.82, 2.24) is 14.8 Å². The lowest BCUT2D eigenvalue weighted by Crippen LogP contribution is -2.42. The van der Waals surface area contributed by atoms with Crippen LogP contribution in [0.4, 0.5) is 4.39 Å². The summed E-state index contributed by atoms with van der Waals surface area (Å²) in [5.41, 5.74) is 1.91. The summed E-state index contributed by atoms with van der Waals surface area (Å²) < 4.78 is 19.4. The predicted octanol–water partition coefficient (Wildman–Crippen LogP) is 3.45. The van der Waals surface area contributed by atoms with Crippen LogP contribution in [0, 0.1) is 5.82 Å². The van der Waals surface area contributed by atoms with E-state index in [-0.39, 0.29) is 11.9 Å². The third-order valence-corrected chi connectivity index (χ3v) is 5.44. The largest absolute Gasteiger partial charge is 0.376 e. The summed E-state index contributed by atoms with van der Waals surface area (Å²) in [6.07, 6.45) is 5.35.